The molecule has 4 aromatic heterocycles. The van der Waals surface area contributed by atoms with Crippen LogP contribution in [0, 0.1) is 6.92 Å². The molecule has 0 N–H and O–H groups in total. The lowest BCUT2D eigenvalue weighted by molar-refractivity contribution is 0.455. The molecule has 1 aliphatic rings. The molecule has 0 aliphatic carbocycles. The van der Waals surface area contributed by atoms with Crippen LogP contribution in [-0.4, -0.2) is 29.9 Å². The SMILES string of the molecule is Cc1ccc(Oc2ccc3c(-c4c(-c5ccccn5)nn5c4CCC5)ccnc3c2)nn1. The van der Waals surface area contributed by atoms with Crippen molar-refractivity contribution in [2.24, 2.45) is 0 Å². The summed E-state index contributed by atoms with van der Waals surface area (Å²) in [5.41, 5.74) is 7.01. The fraction of sp³-hybridized carbons (Fsp3) is 0.160. The highest BCUT2D eigenvalue weighted by Crippen LogP contribution is 2.40. The van der Waals surface area contributed by atoms with Crippen molar-refractivity contribution in [2.75, 3.05) is 0 Å². The van der Waals surface area contributed by atoms with Crippen LogP contribution in [0.4, 0.5) is 0 Å². The predicted octanol–water partition coefficient (Wildman–Crippen LogP) is 5.00. The molecule has 0 spiro atoms. The predicted molar refractivity (Wildman–Crippen MR) is 121 cm³/mol. The van der Waals surface area contributed by atoms with Crippen LogP contribution in [0.1, 0.15) is 17.8 Å². The summed E-state index contributed by atoms with van der Waals surface area (Å²) >= 11 is 0. The third-order valence-electron chi connectivity index (χ3n) is 5.73. The van der Waals surface area contributed by atoms with Gasteiger partial charge in [0.1, 0.15) is 11.4 Å². The van der Waals surface area contributed by atoms with E-state index in [4.69, 9.17) is 9.84 Å². The minimum Gasteiger partial charge on any atom is -0.437 e. The summed E-state index contributed by atoms with van der Waals surface area (Å²) in [4.78, 5) is 9.18. The van der Waals surface area contributed by atoms with Gasteiger partial charge in [0.25, 0.3) is 0 Å². The molecule has 0 fully saturated rings. The lowest BCUT2D eigenvalue weighted by Crippen LogP contribution is -1.94. The molecule has 7 nitrogen and oxygen atoms in total. The van der Waals surface area contributed by atoms with Crippen LogP contribution in [0.15, 0.2) is 67.0 Å². The second kappa shape index (κ2) is 7.53. The van der Waals surface area contributed by atoms with Gasteiger partial charge < -0.3 is 4.74 Å². The molecular weight excluding hydrogens is 400 g/mol. The number of aryl methyl sites for hydroxylation is 2. The van der Waals surface area contributed by atoms with E-state index in [-0.39, 0.29) is 0 Å². The molecule has 0 atom stereocenters. The average Bonchev–Trinajstić information content (AvgIpc) is 3.42. The van der Waals surface area contributed by atoms with E-state index in [1.54, 1.807) is 0 Å². The minimum atomic E-state index is 0.456. The number of nitrogens with zero attached hydrogens (tertiary/aromatic N) is 6. The van der Waals surface area contributed by atoms with Crippen LogP contribution in [-0.2, 0) is 13.0 Å². The number of aromatic nitrogens is 6. The Balaban J connectivity index is 1.47. The van der Waals surface area contributed by atoms with Crippen molar-refractivity contribution in [1.82, 2.24) is 29.9 Å². The van der Waals surface area contributed by atoms with Gasteiger partial charge in [0.15, 0.2) is 0 Å². The Morgan fingerprint density at radius 2 is 1.91 bits per heavy atom. The third kappa shape index (κ3) is 3.19. The van der Waals surface area contributed by atoms with E-state index < -0.39 is 0 Å². The number of hydrogen-bond donors (Lipinski definition) is 0. The smallest absolute Gasteiger partial charge is 0.238 e. The standard InChI is InChI=1S/C25H20N6O/c1-16-7-10-23(29-28-16)32-17-8-9-18-19(11-13-27-21(18)15-17)24-22-6-4-14-31(22)30-25(24)20-5-2-3-12-26-20/h2-3,5,7-13,15H,4,6,14H2,1H3. The van der Waals surface area contributed by atoms with E-state index in [1.807, 2.05) is 61.8 Å². The highest BCUT2D eigenvalue weighted by atomic mass is 16.5. The number of ether oxygens (including phenoxy) is 1. The Hall–Kier alpha value is -4.13. The molecule has 5 heterocycles. The van der Waals surface area contributed by atoms with Crippen LogP contribution in [0.5, 0.6) is 11.6 Å². The quantitative estimate of drug-likeness (QED) is 0.407. The Labute approximate surface area is 184 Å². The second-order valence-electron chi connectivity index (χ2n) is 7.86. The third-order valence-corrected chi connectivity index (χ3v) is 5.73. The molecule has 0 bridgehead atoms. The fourth-order valence-electron chi connectivity index (χ4n) is 4.27. The zero-order valence-corrected chi connectivity index (χ0v) is 17.6. The summed E-state index contributed by atoms with van der Waals surface area (Å²) in [6.07, 6.45) is 5.77. The van der Waals surface area contributed by atoms with Crippen molar-refractivity contribution in [2.45, 2.75) is 26.3 Å². The molecular formula is C25H20N6O. The van der Waals surface area contributed by atoms with Crippen molar-refractivity contribution >= 4 is 10.9 Å². The molecule has 1 aliphatic heterocycles. The molecule has 32 heavy (non-hydrogen) atoms. The number of pyridine rings is 2. The summed E-state index contributed by atoms with van der Waals surface area (Å²) in [6.45, 7) is 2.83. The van der Waals surface area contributed by atoms with Crippen LogP contribution in [0.3, 0.4) is 0 Å². The molecule has 5 aromatic rings. The average molecular weight is 420 g/mol. The van der Waals surface area contributed by atoms with Crippen LogP contribution < -0.4 is 4.74 Å². The summed E-state index contributed by atoms with van der Waals surface area (Å²) in [5.74, 6) is 1.13. The van der Waals surface area contributed by atoms with Gasteiger partial charge in [-0.05, 0) is 61.7 Å². The molecule has 1 aromatic carbocycles. The van der Waals surface area contributed by atoms with Gasteiger partial charge in [0.05, 0.1) is 16.9 Å². The lowest BCUT2D eigenvalue weighted by atomic mass is 9.96. The van der Waals surface area contributed by atoms with E-state index in [0.717, 1.165) is 58.5 Å². The number of benzene rings is 1. The Morgan fingerprint density at radius 3 is 2.75 bits per heavy atom. The maximum atomic E-state index is 5.90. The van der Waals surface area contributed by atoms with E-state index in [0.29, 0.717) is 11.6 Å². The van der Waals surface area contributed by atoms with E-state index in [2.05, 4.69) is 37.0 Å². The zero-order valence-electron chi connectivity index (χ0n) is 17.6. The van der Waals surface area contributed by atoms with Crippen molar-refractivity contribution < 1.29 is 4.74 Å². The van der Waals surface area contributed by atoms with Gasteiger partial charge in [-0.2, -0.15) is 10.2 Å². The van der Waals surface area contributed by atoms with Gasteiger partial charge in [-0.3, -0.25) is 14.6 Å². The number of rotatable bonds is 4. The van der Waals surface area contributed by atoms with Crippen molar-refractivity contribution in [1.29, 1.82) is 0 Å². The van der Waals surface area contributed by atoms with Crippen LogP contribution in [0.2, 0.25) is 0 Å². The maximum absolute atomic E-state index is 5.90. The van der Waals surface area contributed by atoms with E-state index >= 15 is 0 Å². The second-order valence-corrected chi connectivity index (χ2v) is 7.86. The molecule has 156 valence electrons. The van der Waals surface area contributed by atoms with Gasteiger partial charge >= 0.3 is 0 Å². The zero-order chi connectivity index (χ0) is 21.5. The minimum absolute atomic E-state index is 0.456. The van der Waals surface area contributed by atoms with E-state index in [9.17, 15) is 0 Å². The van der Waals surface area contributed by atoms with Crippen molar-refractivity contribution in [3.05, 3.63) is 78.4 Å². The summed E-state index contributed by atoms with van der Waals surface area (Å²) in [5, 5.41) is 14.1. The van der Waals surface area contributed by atoms with Gasteiger partial charge in [-0.15, -0.1) is 5.10 Å². The normalized spacial score (nSPS) is 12.8. The Morgan fingerprint density at radius 1 is 0.938 bits per heavy atom. The topological polar surface area (TPSA) is 78.6 Å². The first kappa shape index (κ1) is 18.6. The Kier molecular flexibility index (Phi) is 4.38. The molecule has 0 saturated heterocycles. The first-order chi connectivity index (χ1) is 15.8. The molecule has 0 radical (unpaired) electrons. The highest BCUT2D eigenvalue weighted by molar-refractivity contribution is 5.99. The highest BCUT2D eigenvalue weighted by Gasteiger charge is 2.25. The summed E-state index contributed by atoms with van der Waals surface area (Å²) < 4.78 is 8.02. The van der Waals surface area contributed by atoms with Gasteiger partial charge in [-0.25, -0.2) is 0 Å². The van der Waals surface area contributed by atoms with Crippen LogP contribution >= 0.6 is 0 Å². The molecule has 7 heteroatoms. The van der Waals surface area contributed by atoms with Gasteiger partial charge in [0.2, 0.25) is 5.88 Å². The fourth-order valence-corrected chi connectivity index (χ4v) is 4.27. The van der Waals surface area contributed by atoms with Gasteiger partial charge in [0, 0.05) is 47.7 Å². The first-order valence-corrected chi connectivity index (χ1v) is 10.6. The van der Waals surface area contributed by atoms with Crippen molar-refractivity contribution in [3.8, 4) is 34.1 Å². The summed E-state index contributed by atoms with van der Waals surface area (Å²) in [6, 6.07) is 17.6. The molecule has 0 amide bonds. The van der Waals surface area contributed by atoms with Gasteiger partial charge in [-0.1, -0.05) is 6.07 Å². The van der Waals surface area contributed by atoms with E-state index in [1.165, 1.54) is 5.69 Å². The largest absolute Gasteiger partial charge is 0.437 e. The summed E-state index contributed by atoms with van der Waals surface area (Å²) in [7, 11) is 0. The number of fused-ring (bicyclic) bond motifs is 2. The monoisotopic (exact) mass is 420 g/mol. The van der Waals surface area contributed by atoms with Crippen LogP contribution in [0.25, 0.3) is 33.4 Å². The molecule has 0 saturated carbocycles. The maximum Gasteiger partial charge on any atom is 0.238 e. The first-order valence-electron chi connectivity index (χ1n) is 10.6. The van der Waals surface area contributed by atoms with Crippen molar-refractivity contribution in [3.63, 3.8) is 0 Å². The molecule has 6 rings (SSSR count). The lowest BCUT2D eigenvalue weighted by Gasteiger charge is -2.10. The Bertz CT molecular complexity index is 1430. The molecule has 0 unspecified atom stereocenters. The number of hydrogen-bond acceptors (Lipinski definition) is 6.